The minimum atomic E-state index is -1.71. The van der Waals surface area contributed by atoms with Gasteiger partial charge in [0.25, 0.3) is 0 Å². The highest BCUT2D eigenvalue weighted by atomic mass is 79.9. The van der Waals surface area contributed by atoms with Gasteiger partial charge in [0.2, 0.25) is 0 Å². The van der Waals surface area contributed by atoms with Crippen molar-refractivity contribution < 1.29 is 28.6 Å². The maximum absolute atomic E-state index is 13.5. The van der Waals surface area contributed by atoms with Gasteiger partial charge in [0.05, 0.1) is 0 Å². The van der Waals surface area contributed by atoms with Crippen molar-refractivity contribution in [1.82, 2.24) is 5.32 Å². The summed E-state index contributed by atoms with van der Waals surface area (Å²) in [6.45, 7) is -0.581. The first-order chi connectivity index (χ1) is 20.3. The van der Waals surface area contributed by atoms with Crippen molar-refractivity contribution in [1.29, 1.82) is 0 Å². The SMILES string of the molecule is C#CC(=O)OCCOC(=O)C(CC#Cc1ccc(Br)cc1)(CC#Cc1ccc(Br)cc1)NC(=O)OCc1ccccc1. The third kappa shape index (κ3) is 10.8. The molecule has 3 rings (SSSR count). The molecule has 0 saturated heterocycles. The zero-order chi connectivity index (χ0) is 30.2. The Morgan fingerprint density at radius 1 is 0.738 bits per heavy atom. The van der Waals surface area contributed by atoms with Gasteiger partial charge in [-0.25, -0.2) is 14.4 Å². The van der Waals surface area contributed by atoms with E-state index in [4.69, 9.17) is 20.6 Å². The molecule has 0 aliphatic carbocycles. The maximum atomic E-state index is 13.5. The number of benzene rings is 3. The molecule has 9 heteroatoms. The summed E-state index contributed by atoms with van der Waals surface area (Å²) in [6, 6.07) is 23.7. The van der Waals surface area contributed by atoms with Gasteiger partial charge in [0.15, 0.2) is 5.54 Å². The van der Waals surface area contributed by atoms with Crippen LogP contribution in [0, 0.1) is 36.0 Å². The number of hydrogen-bond acceptors (Lipinski definition) is 6. The molecule has 0 aromatic heterocycles. The predicted molar refractivity (Wildman–Crippen MR) is 165 cm³/mol. The van der Waals surface area contributed by atoms with Crippen LogP contribution in [0.4, 0.5) is 4.79 Å². The van der Waals surface area contributed by atoms with Crippen LogP contribution >= 0.6 is 31.9 Å². The molecule has 212 valence electrons. The highest BCUT2D eigenvalue weighted by molar-refractivity contribution is 9.10. The molecule has 0 aliphatic heterocycles. The first-order valence-corrected chi connectivity index (χ1v) is 14.2. The van der Waals surface area contributed by atoms with E-state index in [9.17, 15) is 14.4 Å². The van der Waals surface area contributed by atoms with Crippen LogP contribution in [0.2, 0.25) is 0 Å². The fourth-order valence-electron chi connectivity index (χ4n) is 3.41. The molecule has 3 aromatic rings. The lowest BCUT2D eigenvalue weighted by atomic mass is 9.91. The van der Waals surface area contributed by atoms with Crippen molar-refractivity contribution in [2.45, 2.75) is 25.0 Å². The Hall–Kier alpha value is -4.49. The molecule has 0 spiro atoms. The fraction of sp³-hybridized carbons (Fsp3) is 0.182. The molecule has 0 saturated carbocycles. The highest BCUT2D eigenvalue weighted by Crippen LogP contribution is 2.20. The van der Waals surface area contributed by atoms with Crippen molar-refractivity contribution in [2.75, 3.05) is 13.2 Å². The van der Waals surface area contributed by atoms with Gasteiger partial charge in [-0.3, -0.25) is 0 Å². The normalized spacial score (nSPS) is 10.0. The molecular weight excluding hydrogens is 666 g/mol. The average molecular weight is 691 g/mol. The van der Waals surface area contributed by atoms with Crippen LogP contribution in [-0.4, -0.2) is 36.8 Å². The van der Waals surface area contributed by atoms with Gasteiger partial charge < -0.3 is 19.5 Å². The standard InChI is InChI=1S/C33H25Br2NO6/c1-2-30(37)40-22-23-41-31(38)33(20-6-10-25-12-16-28(34)17-13-25,21-7-11-26-14-18-29(35)19-15-26)36-32(39)42-24-27-8-4-3-5-9-27/h1,3-5,8-9,12-19H,20-24H2,(H,36,39). The number of halogens is 2. The molecule has 42 heavy (non-hydrogen) atoms. The number of alkyl carbamates (subject to hydrolysis) is 1. The van der Waals surface area contributed by atoms with Crippen LogP contribution in [0.1, 0.15) is 29.5 Å². The van der Waals surface area contributed by atoms with Crippen molar-refractivity contribution in [3.63, 3.8) is 0 Å². The molecule has 0 radical (unpaired) electrons. The van der Waals surface area contributed by atoms with Crippen molar-refractivity contribution in [2.24, 2.45) is 0 Å². The first-order valence-electron chi connectivity index (χ1n) is 12.6. The third-order valence-electron chi connectivity index (χ3n) is 5.55. The molecule has 0 bridgehead atoms. The zero-order valence-corrected chi connectivity index (χ0v) is 25.5. The van der Waals surface area contributed by atoms with Gasteiger partial charge in [-0.15, -0.1) is 6.42 Å². The van der Waals surface area contributed by atoms with Crippen LogP contribution in [0.3, 0.4) is 0 Å². The van der Waals surface area contributed by atoms with E-state index in [0.717, 1.165) is 14.5 Å². The zero-order valence-electron chi connectivity index (χ0n) is 22.3. The molecule has 3 aromatic carbocycles. The molecule has 0 aliphatic rings. The summed E-state index contributed by atoms with van der Waals surface area (Å²) < 4.78 is 17.4. The number of carbonyl (C=O) groups excluding carboxylic acids is 3. The van der Waals surface area contributed by atoms with E-state index in [-0.39, 0.29) is 32.7 Å². The second kappa shape index (κ2) is 16.7. The van der Waals surface area contributed by atoms with E-state index in [2.05, 4.69) is 60.9 Å². The number of esters is 2. The quantitative estimate of drug-likeness (QED) is 0.101. The summed E-state index contributed by atoms with van der Waals surface area (Å²) in [6.07, 6.45) is 3.84. The largest absolute Gasteiger partial charge is 0.460 e. The summed E-state index contributed by atoms with van der Waals surface area (Å²) in [4.78, 5) is 37.8. The van der Waals surface area contributed by atoms with Gasteiger partial charge in [-0.05, 0) is 54.1 Å². The Kier molecular flexibility index (Phi) is 12.7. The van der Waals surface area contributed by atoms with E-state index in [0.29, 0.717) is 11.1 Å². The summed E-state index contributed by atoms with van der Waals surface area (Å²) in [5.41, 5.74) is 0.457. The van der Waals surface area contributed by atoms with E-state index >= 15 is 0 Å². The number of rotatable bonds is 9. The molecule has 0 heterocycles. The Bertz CT molecular complexity index is 1470. The number of amides is 1. The van der Waals surface area contributed by atoms with Gasteiger partial charge in [-0.1, -0.05) is 85.9 Å². The van der Waals surface area contributed by atoms with Crippen molar-refractivity contribution in [3.05, 3.63) is 104 Å². The fourth-order valence-corrected chi connectivity index (χ4v) is 3.94. The molecule has 0 fully saturated rings. The second-order valence-electron chi connectivity index (χ2n) is 8.66. The van der Waals surface area contributed by atoms with Crippen LogP contribution in [0.25, 0.3) is 0 Å². The number of ether oxygens (including phenoxy) is 3. The van der Waals surface area contributed by atoms with Crippen molar-refractivity contribution >= 4 is 49.9 Å². The Morgan fingerprint density at radius 2 is 1.26 bits per heavy atom. The molecule has 1 amide bonds. The molecule has 7 nitrogen and oxygen atoms in total. The summed E-state index contributed by atoms with van der Waals surface area (Å²) in [5.74, 6) is 12.0. The van der Waals surface area contributed by atoms with Gasteiger partial charge in [0.1, 0.15) is 19.8 Å². The second-order valence-corrected chi connectivity index (χ2v) is 10.5. The lowest BCUT2D eigenvalue weighted by molar-refractivity contribution is -0.155. The number of carbonyl (C=O) groups is 3. The number of hydrogen-bond donors (Lipinski definition) is 1. The smallest absolute Gasteiger partial charge is 0.408 e. The van der Waals surface area contributed by atoms with Crippen LogP contribution in [-0.2, 0) is 30.4 Å². The van der Waals surface area contributed by atoms with E-state index in [1.807, 2.05) is 72.7 Å². The molecule has 1 N–H and O–H groups in total. The lowest BCUT2D eigenvalue weighted by Crippen LogP contribution is -2.55. The Labute approximate surface area is 261 Å². The topological polar surface area (TPSA) is 90.9 Å². The lowest BCUT2D eigenvalue weighted by Gasteiger charge is -2.28. The van der Waals surface area contributed by atoms with E-state index in [1.54, 1.807) is 12.1 Å². The van der Waals surface area contributed by atoms with E-state index in [1.165, 1.54) is 0 Å². The Balaban J connectivity index is 1.89. The van der Waals surface area contributed by atoms with Crippen LogP contribution in [0.5, 0.6) is 0 Å². The summed E-state index contributed by atoms with van der Waals surface area (Å²) in [5, 5.41) is 2.66. The predicted octanol–water partition coefficient (Wildman–Crippen LogP) is 5.78. The highest BCUT2D eigenvalue weighted by Gasteiger charge is 2.41. The molecule has 0 atom stereocenters. The van der Waals surface area contributed by atoms with Gasteiger partial charge in [-0.2, -0.15) is 0 Å². The van der Waals surface area contributed by atoms with Gasteiger partial charge in [0, 0.05) is 38.8 Å². The minimum Gasteiger partial charge on any atom is -0.460 e. The third-order valence-corrected chi connectivity index (χ3v) is 6.60. The van der Waals surface area contributed by atoms with Crippen molar-refractivity contribution in [3.8, 4) is 36.0 Å². The van der Waals surface area contributed by atoms with Crippen LogP contribution in [0.15, 0.2) is 87.8 Å². The number of nitrogens with one attached hydrogen (secondary N) is 1. The Morgan fingerprint density at radius 3 is 1.79 bits per heavy atom. The summed E-state index contributed by atoms with van der Waals surface area (Å²) >= 11 is 6.77. The van der Waals surface area contributed by atoms with Crippen LogP contribution < -0.4 is 5.32 Å². The summed E-state index contributed by atoms with van der Waals surface area (Å²) in [7, 11) is 0. The minimum absolute atomic E-state index is 0.0189. The number of terminal acetylenes is 1. The monoisotopic (exact) mass is 689 g/mol. The van der Waals surface area contributed by atoms with Gasteiger partial charge >= 0.3 is 18.0 Å². The first kappa shape index (κ1) is 32.0. The molecule has 0 unspecified atom stereocenters. The maximum Gasteiger partial charge on any atom is 0.408 e. The van der Waals surface area contributed by atoms with E-state index < -0.39 is 23.6 Å². The molecular formula is C33H25Br2NO6. The average Bonchev–Trinajstić information content (AvgIpc) is 3.00.